The molecule has 2 fully saturated rings. The maximum absolute atomic E-state index is 6.25. The minimum atomic E-state index is -0.110. The zero-order chi connectivity index (χ0) is 21.3. The van der Waals surface area contributed by atoms with E-state index in [1.165, 1.54) is 0 Å². The van der Waals surface area contributed by atoms with Crippen LogP contribution in [-0.2, 0) is 9.47 Å². The van der Waals surface area contributed by atoms with E-state index >= 15 is 0 Å². The third kappa shape index (κ3) is 3.52. The minimum Gasteiger partial charge on any atom is -0.497 e. The van der Waals surface area contributed by atoms with Crippen LogP contribution in [0.15, 0.2) is 30.3 Å². The van der Waals surface area contributed by atoms with Crippen molar-refractivity contribution in [3.63, 3.8) is 0 Å². The second-order valence-corrected chi connectivity index (χ2v) is 7.44. The Bertz CT molecular complexity index is 850. The molecular weight excluding hydrogens is 388 g/mol. The van der Waals surface area contributed by atoms with Crippen molar-refractivity contribution in [3.8, 4) is 28.7 Å². The monoisotopic (exact) mass is 416 g/mol. The summed E-state index contributed by atoms with van der Waals surface area (Å²) in [4.78, 5) is 0. The van der Waals surface area contributed by atoms with E-state index in [9.17, 15) is 0 Å². The molecule has 2 aromatic carbocycles. The van der Waals surface area contributed by atoms with E-state index < -0.39 is 0 Å². The summed E-state index contributed by atoms with van der Waals surface area (Å²) in [6.07, 6.45) is -0.188. The van der Waals surface area contributed by atoms with Gasteiger partial charge in [0.15, 0.2) is 11.5 Å². The van der Waals surface area contributed by atoms with Crippen molar-refractivity contribution in [3.05, 3.63) is 41.5 Å². The van der Waals surface area contributed by atoms with Crippen LogP contribution in [-0.4, -0.2) is 48.8 Å². The molecule has 0 amide bonds. The van der Waals surface area contributed by atoms with E-state index in [0.717, 1.165) is 22.6 Å². The van der Waals surface area contributed by atoms with E-state index in [4.69, 9.17) is 33.2 Å². The van der Waals surface area contributed by atoms with Crippen molar-refractivity contribution in [2.75, 3.05) is 48.8 Å². The van der Waals surface area contributed by atoms with Gasteiger partial charge in [0.1, 0.15) is 11.5 Å². The van der Waals surface area contributed by atoms with Gasteiger partial charge in [-0.05, 0) is 35.4 Å². The first-order valence-electron chi connectivity index (χ1n) is 9.89. The topological polar surface area (TPSA) is 64.6 Å². The quantitative estimate of drug-likeness (QED) is 0.680. The fourth-order valence-corrected chi connectivity index (χ4v) is 4.49. The Morgan fingerprint density at radius 1 is 0.600 bits per heavy atom. The molecule has 2 heterocycles. The summed E-state index contributed by atoms with van der Waals surface area (Å²) < 4.78 is 39.8. The lowest BCUT2D eigenvalue weighted by Crippen LogP contribution is -2.15. The maximum Gasteiger partial charge on any atom is 0.203 e. The van der Waals surface area contributed by atoms with Gasteiger partial charge in [-0.2, -0.15) is 0 Å². The van der Waals surface area contributed by atoms with E-state index in [0.29, 0.717) is 30.5 Å². The van der Waals surface area contributed by atoms with Crippen molar-refractivity contribution in [2.45, 2.75) is 12.2 Å². The standard InChI is InChI=1S/C23H28O7/c1-24-15-6-13(7-16(10-15)25-2)21-17-11-30-22(18(17)12-29-21)14-8-19(26-3)23(28-5)20(9-14)27-4/h6-10,17-18,21-22H,11-12H2,1-5H3/t17-,18-,21-,22+/m1/s1. The highest BCUT2D eigenvalue weighted by molar-refractivity contribution is 5.54. The molecule has 0 unspecified atom stereocenters. The summed E-state index contributed by atoms with van der Waals surface area (Å²) in [5.74, 6) is 3.75. The second kappa shape index (κ2) is 8.62. The van der Waals surface area contributed by atoms with Crippen LogP contribution in [0.2, 0.25) is 0 Å². The summed E-state index contributed by atoms with van der Waals surface area (Å²) in [6, 6.07) is 9.77. The van der Waals surface area contributed by atoms with Crippen LogP contribution in [0.1, 0.15) is 23.3 Å². The maximum atomic E-state index is 6.25. The Morgan fingerprint density at radius 3 is 1.47 bits per heavy atom. The molecule has 0 aromatic heterocycles. The van der Waals surface area contributed by atoms with Crippen molar-refractivity contribution in [1.29, 1.82) is 0 Å². The van der Waals surface area contributed by atoms with Gasteiger partial charge in [-0.1, -0.05) is 0 Å². The Labute approximate surface area is 176 Å². The first kappa shape index (κ1) is 20.6. The van der Waals surface area contributed by atoms with E-state index in [1.807, 2.05) is 30.3 Å². The van der Waals surface area contributed by atoms with Crippen molar-refractivity contribution < 1.29 is 33.2 Å². The molecule has 162 valence electrons. The molecule has 7 nitrogen and oxygen atoms in total. The highest BCUT2D eigenvalue weighted by Crippen LogP contribution is 2.52. The van der Waals surface area contributed by atoms with Crippen LogP contribution in [0.4, 0.5) is 0 Å². The zero-order valence-electron chi connectivity index (χ0n) is 18.0. The van der Waals surface area contributed by atoms with Gasteiger partial charge < -0.3 is 33.2 Å². The molecule has 4 rings (SSSR count). The smallest absolute Gasteiger partial charge is 0.203 e. The summed E-state index contributed by atoms with van der Waals surface area (Å²) in [7, 11) is 8.13. The van der Waals surface area contributed by atoms with Gasteiger partial charge >= 0.3 is 0 Å². The molecular formula is C23H28O7. The number of benzene rings is 2. The predicted molar refractivity (Wildman–Crippen MR) is 110 cm³/mol. The SMILES string of the molecule is COc1cc(OC)cc([C@H]2OC[C@@H]3[C@H]2CO[C@H]3c2cc(OC)c(OC)c(OC)c2)c1. The lowest BCUT2D eigenvalue weighted by molar-refractivity contribution is 0.0190. The highest BCUT2D eigenvalue weighted by atomic mass is 16.5. The highest BCUT2D eigenvalue weighted by Gasteiger charge is 2.48. The number of rotatable bonds is 7. The summed E-state index contributed by atoms with van der Waals surface area (Å²) in [6.45, 7) is 1.21. The molecule has 30 heavy (non-hydrogen) atoms. The van der Waals surface area contributed by atoms with Crippen molar-refractivity contribution in [1.82, 2.24) is 0 Å². The predicted octanol–water partition coefficient (Wildman–Crippen LogP) is 3.80. The van der Waals surface area contributed by atoms with Gasteiger partial charge in [-0.15, -0.1) is 0 Å². The molecule has 0 radical (unpaired) electrons. The lowest BCUT2D eigenvalue weighted by Gasteiger charge is -2.20. The zero-order valence-corrected chi connectivity index (χ0v) is 18.0. The fourth-order valence-electron chi connectivity index (χ4n) is 4.49. The van der Waals surface area contributed by atoms with Crippen molar-refractivity contribution in [2.24, 2.45) is 11.8 Å². The molecule has 0 saturated carbocycles. The molecule has 2 aliphatic rings. The molecule has 7 heteroatoms. The molecule has 0 bridgehead atoms. The van der Waals surface area contributed by atoms with Gasteiger partial charge in [0.2, 0.25) is 5.75 Å². The van der Waals surface area contributed by atoms with Crippen LogP contribution < -0.4 is 23.7 Å². The molecule has 0 N–H and O–H groups in total. The normalized spacial score (nSPS) is 25.0. The third-order valence-corrected chi connectivity index (χ3v) is 5.98. The summed E-state index contributed by atoms with van der Waals surface area (Å²) >= 11 is 0. The third-order valence-electron chi connectivity index (χ3n) is 5.98. The fraction of sp³-hybridized carbons (Fsp3) is 0.478. The van der Waals surface area contributed by atoms with Crippen LogP contribution in [0.3, 0.4) is 0 Å². The first-order chi connectivity index (χ1) is 14.6. The minimum absolute atomic E-state index is 0.0777. The average molecular weight is 416 g/mol. The summed E-state index contributed by atoms with van der Waals surface area (Å²) in [5, 5.41) is 0. The molecule has 2 aliphatic heterocycles. The van der Waals surface area contributed by atoms with E-state index in [-0.39, 0.29) is 24.0 Å². The molecule has 0 aliphatic carbocycles. The first-order valence-corrected chi connectivity index (χ1v) is 9.89. The molecule has 2 aromatic rings. The largest absolute Gasteiger partial charge is 0.497 e. The Morgan fingerprint density at radius 2 is 1.07 bits per heavy atom. The van der Waals surface area contributed by atoms with Gasteiger partial charge in [0.25, 0.3) is 0 Å². The van der Waals surface area contributed by atoms with Gasteiger partial charge in [-0.3, -0.25) is 0 Å². The lowest BCUT2D eigenvalue weighted by atomic mass is 9.84. The van der Waals surface area contributed by atoms with Crippen LogP contribution in [0, 0.1) is 11.8 Å². The Kier molecular flexibility index (Phi) is 5.92. The van der Waals surface area contributed by atoms with Crippen LogP contribution in [0.25, 0.3) is 0 Å². The van der Waals surface area contributed by atoms with Gasteiger partial charge in [0.05, 0.1) is 61.0 Å². The van der Waals surface area contributed by atoms with Crippen molar-refractivity contribution >= 4 is 0 Å². The average Bonchev–Trinajstić information content (AvgIpc) is 3.39. The molecule has 4 atom stereocenters. The molecule has 0 spiro atoms. The van der Waals surface area contributed by atoms with Gasteiger partial charge in [0, 0.05) is 17.9 Å². The number of methoxy groups -OCH3 is 5. The van der Waals surface area contributed by atoms with E-state index in [2.05, 4.69) is 0 Å². The Hall–Kier alpha value is -2.64. The second-order valence-electron chi connectivity index (χ2n) is 7.44. The van der Waals surface area contributed by atoms with Crippen LogP contribution in [0.5, 0.6) is 28.7 Å². The number of hydrogen-bond donors (Lipinski definition) is 0. The number of ether oxygens (including phenoxy) is 7. The number of fused-ring (bicyclic) bond motifs is 1. The Balaban J connectivity index is 1.62. The van der Waals surface area contributed by atoms with E-state index in [1.54, 1.807) is 35.5 Å². The van der Waals surface area contributed by atoms with Gasteiger partial charge in [-0.25, -0.2) is 0 Å². The summed E-state index contributed by atoms with van der Waals surface area (Å²) in [5.41, 5.74) is 2.03. The van der Waals surface area contributed by atoms with Crippen LogP contribution >= 0.6 is 0 Å². The molecule has 2 saturated heterocycles. The number of hydrogen-bond acceptors (Lipinski definition) is 7.